The highest BCUT2D eigenvalue weighted by atomic mass is 79.9. The van der Waals surface area contributed by atoms with Crippen LogP contribution in [-0.2, 0) is 6.42 Å². The van der Waals surface area contributed by atoms with Gasteiger partial charge in [-0.1, -0.05) is 30.3 Å². The standard InChI is InChI=1S/C16H13BrN2OS/c17-13-6-12(8-18-9-13)16-19-14(10-21-16)7-15(20)11-4-2-1-3-5-11/h1-6,8-10,15,20H,7H2. The molecule has 1 atom stereocenters. The van der Waals surface area contributed by atoms with E-state index in [9.17, 15) is 5.11 Å². The molecule has 0 spiro atoms. The third-order valence-corrected chi connectivity index (χ3v) is 4.46. The summed E-state index contributed by atoms with van der Waals surface area (Å²) in [5.41, 5.74) is 2.79. The van der Waals surface area contributed by atoms with Crippen molar-refractivity contribution in [1.29, 1.82) is 0 Å². The molecule has 0 radical (unpaired) electrons. The molecule has 2 heterocycles. The molecule has 3 nitrogen and oxygen atoms in total. The van der Waals surface area contributed by atoms with Crippen LogP contribution in [-0.4, -0.2) is 15.1 Å². The number of aliphatic hydroxyl groups excluding tert-OH is 1. The maximum atomic E-state index is 10.2. The van der Waals surface area contributed by atoms with Crippen molar-refractivity contribution in [3.8, 4) is 10.6 Å². The van der Waals surface area contributed by atoms with Gasteiger partial charge in [0.2, 0.25) is 0 Å². The predicted molar refractivity (Wildman–Crippen MR) is 88.2 cm³/mol. The van der Waals surface area contributed by atoms with Gasteiger partial charge in [-0.2, -0.15) is 0 Å². The first kappa shape index (κ1) is 14.4. The van der Waals surface area contributed by atoms with Gasteiger partial charge in [-0.15, -0.1) is 11.3 Å². The highest BCUT2D eigenvalue weighted by Gasteiger charge is 2.12. The lowest BCUT2D eigenvalue weighted by atomic mass is 10.1. The van der Waals surface area contributed by atoms with Gasteiger partial charge in [-0.25, -0.2) is 4.98 Å². The molecule has 1 aromatic carbocycles. The van der Waals surface area contributed by atoms with E-state index in [2.05, 4.69) is 25.9 Å². The Morgan fingerprint density at radius 2 is 2.00 bits per heavy atom. The number of thiazole rings is 1. The average Bonchev–Trinajstić information content (AvgIpc) is 2.97. The zero-order valence-electron chi connectivity index (χ0n) is 11.1. The molecule has 2 aromatic heterocycles. The molecule has 0 aliphatic rings. The van der Waals surface area contributed by atoms with Crippen LogP contribution in [0.1, 0.15) is 17.4 Å². The quantitative estimate of drug-likeness (QED) is 0.756. The van der Waals surface area contributed by atoms with Crippen molar-refractivity contribution in [1.82, 2.24) is 9.97 Å². The van der Waals surface area contributed by atoms with E-state index >= 15 is 0 Å². The van der Waals surface area contributed by atoms with Crippen LogP contribution in [0.4, 0.5) is 0 Å². The van der Waals surface area contributed by atoms with Crippen molar-refractivity contribution >= 4 is 27.3 Å². The van der Waals surface area contributed by atoms with Crippen LogP contribution < -0.4 is 0 Å². The van der Waals surface area contributed by atoms with Gasteiger partial charge in [0.1, 0.15) is 5.01 Å². The van der Waals surface area contributed by atoms with Crippen LogP contribution in [0.5, 0.6) is 0 Å². The summed E-state index contributed by atoms with van der Waals surface area (Å²) in [4.78, 5) is 8.73. The number of aliphatic hydroxyl groups is 1. The number of nitrogens with zero attached hydrogens (tertiary/aromatic N) is 2. The third kappa shape index (κ3) is 3.56. The van der Waals surface area contributed by atoms with Gasteiger partial charge in [0.15, 0.2) is 0 Å². The van der Waals surface area contributed by atoms with E-state index in [0.29, 0.717) is 6.42 Å². The minimum absolute atomic E-state index is 0.516. The summed E-state index contributed by atoms with van der Waals surface area (Å²) in [6.07, 6.45) is 3.53. The fraction of sp³-hybridized carbons (Fsp3) is 0.125. The van der Waals surface area contributed by atoms with Gasteiger partial charge in [-0.05, 0) is 27.6 Å². The Morgan fingerprint density at radius 3 is 2.76 bits per heavy atom. The highest BCUT2D eigenvalue weighted by molar-refractivity contribution is 9.10. The Hall–Kier alpha value is -1.56. The van der Waals surface area contributed by atoms with E-state index in [0.717, 1.165) is 26.3 Å². The molecular weight excluding hydrogens is 348 g/mol. The molecule has 0 bridgehead atoms. The summed E-state index contributed by atoms with van der Waals surface area (Å²) in [6.45, 7) is 0. The van der Waals surface area contributed by atoms with Crippen LogP contribution in [0.2, 0.25) is 0 Å². The van der Waals surface area contributed by atoms with Gasteiger partial charge in [0, 0.05) is 34.2 Å². The summed E-state index contributed by atoms with van der Waals surface area (Å²) >= 11 is 4.98. The zero-order chi connectivity index (χ0) is 14.7. The average molecular weight is 361 g/mol. The van der Waals surface area contributed by atoms with Crippen molar-refractivity contribution < 1.29 is 5.11 Å². The maximum Gasteiger partial charge on any atom is 0.125 e. The van der Waals surface area contributed by atoms with Crippen molar-refractivity contribution in [2.45, 2.75) is 12.5 Å². The molecule has 5 heteroatoms. The van der Waals surface area contributed by atoms with Gasteiger partial charge >= 0.3 is 0 Å². The molecule has 0 fully saturated rings. The second kappa shape index (κ2) is 6.47. The molecule has 1 unspecified atom stereocenters. The van der Waals surface area contributed by atoms with Gasteiger partial charge < -0.3 is 5.11 Å². The molecule has 0 aliphatic carbocycles. The Balaban J connectivity index is 1.76. The molecule has 1 N–H and O–H groups in total. The minimum atomic E-state index is -0.526. The van der Waals surface area contributed by atoms with Gasteiger partial charge in [0.25, 0.3) is 0 Å². The molecule has 21 heavy (non-hydrogen) atoms. The second-order valence-electron chi connectivity index (χ2n) is 4.67. The second-order valence-corrected chi connectivity index (χ2v) is 6.44. The normalized spacial score (nSPS) is 12.3. The Kier molecular flexibility index (Phi) is 4.43. The van der Waals surface area contributed by atoms with Crippen LogP contribution in [0, 0.1) is 0 Å². The Labute approximate surface area is 135 Å². The SMILES string of the molecule is OC(Cc1csc(-c2cncc(Br)c2)n1)c1ccccc1. The molecule has 0 aliphatic heterocycles. The molecule has 0 saturated heterocycles. The molecule has 106 valence electrons. The highest BCUT2D eigenvalue weighted by Crippen LogP contribution is 2.27. The number of hydrogen-bond acceptors (Lipinski definition) is 4. The number of pyridine rings is 1. The number of hydrogen-bond donors (Lipinski definition) is 1. The molecule has 3 aromatic rings. The first-order valence-corrected chi connectivity index (χ1v) is 8.18. The zero-order valence-corrected chi connectivity index (χ0v) is 13.5. The molecule has 0 amide bonds. The summed E-state index contributed by atoms with van der Waals surface area (Å²) in [7, 11) is 0. The summed E-state index contributed by atoms with van der Waals surface area (Å²) in [5.74, 6) is 0. The number of halogens is 1. The largest absolute Gasteiger partial charge is 0.388 e. The molecular formula is C16H13BrN2OS. The number of aromatic nitrogens is 2. The van der Waals surface area contributed by atoms with E-state index in [1.54, 1.807) is 23.7 Å². The summed E-state index contributed by atoms with van der Waals surface area (Å²) in [6, 6.07) is 11.6. The maximum absolute atomic E-state index is 10.2. The third-order valence-electron chi connectivity index (χ3n) is 3.09. The molecule has 0 saturated carbocycles. The first-order chi connectivity index (χ1) is 10.2. The minimum Gasteiger partial charge on any atom is -0.388 e. The monoisotopic (exact) mass is 360 g/mol. The van der Waals surface area contributed by atoms with Crippen LogP contribution >= 0.6 is 27.3 Å². The lowest BCUT2D eigenvalue weighted by Crippen LogP contribution is -2.01. The van der Waals surface area contributed by atoms with Crippen LogP contribution in [0.25, 0.3) is 10.6 Å². The fourth-order valence-electron chi connectivity index (χ4n) is 2.05. The fourth-order valence-corrected chi connectivity index (χ4v) is 3.23. The lowest BCUT2D eigenvalue weighted by Gasteiger charge is -2.08. The van der Waals surface area contributed by atoms with Crippen LogP contribution in [0.3, 0.4) is 0 Å². The predicted octanol–water partition coefficient (Wildman–Crippen LogP) is 4.24. The van der Waals surface area contributed by atoms with Gasteiger partial charge in [-0.3, -0.25) is 4.98 Å². The first-order valence-electron chi connectivity index (χ1n) is 6.51. The lowest BCUT2D eigenvalue weighted by molar-refractivity contribution is 0.177. The topological polar surface area (TPSA) is 46.0 Å². The molecule has 3 rings (SSSR count). The van der Waals surface area contributed by atoms with E-state index in [4.69, 9.17) is 0 Å². The van der Waals surface area contributed by atoms with E-state index < -0.39 is 6.10 Å². The van der Waals surface area contributed by atoms with Crippen molar-refractivity contribution in [3.63, 3.8) is 0 Å². The Bertz CT molecular complexity index is 730. The smallest absolute Gasteiger partial charge is 0.125 e. The van der Waals surface area contributed by atoms with Crippen LogP contribution in [0.15, 0.2) is 58.6 Å². The van der Waals surface area contributed by atoms with E-state index in [1.807, 2.05) is 41.8 Å². The number of rotatable bonds is 4. The number of benzene rings is 1. The van der Waals surface area contributed by atoms with E-state index in [1.165, 1.54) is 0 Å². The van der Waals surface area contributed by atoms with Crippen molar-refractivity contribution in [2.24, 2.45) is 0 Å². The van der Waals surface area contributed by atoms with Crippen molar-refractivity contribution in [3.05, 3.63) is 69.9 Å². The van der Waals surface area contributed by atoms with E-state index in [-0.39, 0.29) is 0 Å². The van der Waals surface area contributed by atoms with Gasteiger partial charge in [0.05, 0.1) is 11.8 Å². The summed E-state index contributed by atoms with van der Waals surface area (Å²) in [5, 5.41) is 13.1. The van der Waals surface area contributed by atoms with Crippen molar-refractivity contribution in [2.75, 3.05) is 0 Å². The Morgan fingerprint density at radius 1 is 1.19 bits per heavy atom. The summed E-state index contributed by atoms with van der Waals surface area (Å²) < 4.78 is 0.932.